The van der Waals surface area contributed by atoms with Crippen LogP contribution >= 0.6 is 0 Å². The van der Waals surface area contributed by atoms with Gasteiger partial charge in [0.1, 0.15) is 5.75 Å². The molecule has 0 radical (unpaired) electrons. The Labute approximate surface area is 97.6 Å². The molecule has 1 atom stereocenters. The van der Waals surface area contributed by atoms with E-state index in [1.54, 1.807) is 13.0 Å². The van der Waals surface area contributed by atoms with Crippen molar-refractivity contribution in [3.63, 3.8) is 0 Å². The number of benzene rings is 1. The highest BCUT2D eigenvalue weighted by Gasteiger charge is 2.15. The normalized spacial score (nSPS) is 13.1. The average Bonchev–Trinajstić information content (AvgIpc) is 2.35. The third-order valence-corrected chi connectivity index (χ3v) is 2.12. The van der Waals surface area contributed by atoms with E-state index in [2.05, 4.69) is 5.16 Å². The molecule has 1 unspecified atom stereocenters. The van der Waals surface area contributed by atoms with Crippen LogP contribution < -0.4 is 10.5 Å². The van der Waals surface area contributed by atoms with Gasteiger partial charge in [-0.2, -0.15) is 0 Å². The van der Waals surface area contributed by atoms with Crippen molar-refractivity contribution < 1.29 is 14.9 Å². The summed E-state index contributed by atoms with van der Waals surface area (Å²) in [5, 5.41) is 21.9. The maximum Gasteiger partial charge on any atom is 0.273 e. The van der Waals surface area contributed by atoms with Gasteiger partial charge in [-0.25, -0.2) is 0 Å². The molecule has 92 valence electrons. The standard InChI is InChI=1S/C10H13N3O4/c1-2-9(10(11)12-14)17-8-5-3-4-7(6-8)13(15)16/h3-6,9,14H,2H2,1H3,(H2,11,12). The summed E-state index contributed by atoms with van der Waals surface area (Å²) in [6.07, 6.45) is -0.125. The summed E-state index contributed by atoms with van der Waals surface area (Å²) >= 11 is 0. The molecular formula is C10H13N3O4. The molecule has 0 saturated heterocycles. The molecule has 0 aliphatic heterocycles. The number of nitro benzene ring substituents is 1. The molecule has 7 heteroatoms. The molecule has 0 spiro atoms. The van der Waals surface area contributed by atoms with Gasteiger partial charge in [0.2, 0.25) is 0 Å². The van der Waals surface area contributed by atoms with Crippen LogP contribution in [0.3, 0.4) is 0 Å². The van der Waals surface area contributed by atoms with Gasteiger partial charge < -0.3 is 15.7 Å². The molecule has 1 rings (SSSR count). The van der Waals surface area contributed by atoms with Crippen molar-refractivity contribution in [1.82, 2.24) is 0 Å². The van der Waals surface area contributed by atoms with Crippen LogP contribution in [0.2, 0.25) is 0 Å². The minimum Gasteiger partial charge on any atom is -0.482 e. The molecule has 0 heterocycles. The molecule has 0 amide bonds. The second-order valence-electron chi connectivity index (χ2n) is 3.29. The Morgan fingerprint density at radius 3 is 2.94 bits per heavy atom. The molecule has 3 N–H and O–H groups in total. The molecular weight excluding hydrogens is 226 g/mol. The van der Waals surface area contributed by atoms with E-state index in [4.69, 9.17) is 15.7 Å². The first-order valence-electron chi connectivity index (χ1n) is 4.97. The lowest BCUT2D eigenvalue weighted by Crippen LogP contribution is -2.33. The van der Waals surface area contributed by atoms with Gasteiger partial charge in [0.25, 0.3) is 5.69 Å². The number of amidine groups is 1. The summed E-state index contributed by atoms with van der Waals surface area (Å²) in [6.45, 7) is 1.79. The van der Waals surface area contributed by atoms with E-state index < -0.39 is 11.0 Å². The fraction of sp³-hybridized carbons (Fsp3) is 0.300. The third-order valence-electron chi connectivity index (χ3n) is 2.12. The number of hydrogen-bond donors (Lipinski definition) is 2. The molecule has 1 aromatic rings. The van der Waals surface area contributed by atoms with Gasteiger partial charge in [0.15, 0.2) is 11.9 Å². The van der Waals surface area contributed by atoms with Crippen molar-refractivity contribution in [2.45, 2.75) is 19.4 Å². The number of nitro groups is 1. The van der Waals surface area contributed by atoms with Gasteiger partial charge in [0, 0.05) is 6.07 Å². The Hall–Kier alpha value is -2.31. The van der Waals surface area contributed by atoms with Crippen LogP contribution in [0, 0.1) is 10.1 Å². The van der Waals surface area contributed by atoms with Crippen molar-refractivity contribution >= 4 is 11.5 Å². The Bertz CT molecular complexity index is 433. The molecule has 0 aromatic heterocycles. The van der Waals surface area contributed by atoms with E-state index in [-0.39, 0.29) is 11.5 Å². The van der Waals surface area contributed by atoms with Crippen LogP contribution in [0.4, 0.5) is 5.69 Å². The number of nitrogens with zero attached hydrogens (tertiary/aromatic N) is 2. The molecule has 0 bridgehead atoms. The molecule has 7 nitrogen and oxygen atoms in total. The zero-order valence-corrected chi connectivity index (χ0v) is 9.24. The quantitative estimate of drug-likeness (QED) is 0.266. The van der Waals surface area contributed by atoms with E-state index in [9.17, 15) is 10.1 Å². The largest absolute Gasteiger partial charge is 0.482 e. The molecule has 0 fully saturated rings. The maximum absolute atomic E-state index is 10.6. The van der Waals surface area contributed by atoms with Gasteiger partial charge in [-0.1, -0.05) is 18.1 Å². The van der Waals surface area contributed by atoms with Gasteiger partial charge in [-0.15, -0.1) is 0 Å². The molecule has 0 saturated carbocycles. The highest BCUT2D eigenvalue weighted by atomic mass is 16.6. The van der Waals surface area contributed by atoms with Crippen LogP contribution in [-0.4, -0.2) is 22.1 Å². The highest BCUT2D eigenvalue weighted by molar-refractivity contribution is 5.84. The number of oxime groups is 1. The predicted molar refractivity (Wildman–Crippen MR) is 61.2 cm³/mol. The monoisotopic (exact) mass is 239 g/mol. The van der Waals surface area contributed by atoms with E-state index >= 15 is 0 Å². The topological polar surface area (TPSA) is 111 Å². The van der Waals surface area contributed by atoms with Crippen molar-refractivity contribution in [3.8, 4) is 5.75 Å². The Morgan fingerprint density at radius 1 is 1.71 bits per heavy atom. The average molecular weight is 239 g/mol. The maximum atomic E-state index is 10.6. The molecule has 1 aromatic carbocycles. The minimum atomic E-state index is -0.609. The Morgan fingerprint density at radius 2 is 2.41 bits per heavy atom. The first-order chi connectivity index (χ1) is 8.08. The smallest absolute Gasteiger partial charge is 0.273 e. The van der Waals surface area contributed by atoms with Crippen LogP contribution in [0.1, 0.15) is 13.3 Å². The van der Waals surface area contributed by atoms with Gasteiger partial charge in [0.05, 0.1) is 11.0 Å². The van der Waals surface area contributed by atoms with E-state index in [0.29, 0.717) is 12.2 Å². The van der Waals surface area contributed by atoms with E-state index in [0.717, 1.165) is 0 Å². The predicted octanol–water partition coefficient (Wildman–Crippen LogP) is 1.50. The lowest BCUT2D eigenvalue weighted by Gasteiger charge is -2.15. The van der Waals surface area contributed by atoms with Crippen molar-refractivity contribution in [2.24, 2.45) is 10.9 Å². The highest BCUT2D eigenvalue weighted by Crippen LogP contribution is 2.20. The number of nitrogens with two attached hydrogens (primary N) is 1. The lowest BCUT2D eigenvalue weighted by atomic mass is 10.2. The number of ether oxygens (including phenoxy) is 1. The van der Waals surface area contributed by atoms with Crippen LogP contribution in [0.25, 0.3) is 0 Å². The molecule has 0 aliphatic rings. The van der Waals surface area contributed by atoms with E-state index in [1.165, 1.54) is 18.2 Å². The van der Waals surface area contributed by atoms with Crippen molar-refractivity contribution in [3.05, 3.63) is 34.4 Å². The first-order valence-corrected chi connectivity index (χ1v) is 4.97. The summed E-state index contributed by atoms with van der Waals surface area (Å²) < 4.78 is 5.39. The lowest BCUT2D eigenvalue weighted by molar-refractivity contribution is -0.384. The van der Waals surface area contributed by atoms with Gasteiger partial charge in [-0.3, -0.25) is 10.1 Å². The zero-order chi connectivity index (χ0) is 12.8. The third kappa shape index (κ3) is 3.33. The Balaban J connectivity index is 2.87. The fourth-order valence-corrected chi connectivity index (χ4v) is 1.25. The summed E-state index contributed by atoms with van der Waals surface area (Å²) in [4.78, 5) is 10.0. The number of rotatable bonds is 5. The van der Waals surface area contributed by atoms with Crippen molar-refractivity contribution in [1.29, 1.82) is 0 Å². The second-order valence-corrected chi connectivity index (χ2v) is 3.29. The van der Waals surface area contributed by atoms with Gasteiger partial charge >= 0.3 is 0 Å². The van der Waals surface area contributed by atoms with Crippen LogP contribution in [0.15, 0.2) is 29.4 Å². The van der Waals surface area contributed by atoms with Crippen LogP contribution in [0.5, 0.6) is 5.75 Å². The number of non-ortho nitro benzene ring substituents is 1. The second kappa shape index (κ2) is 5.69. The molecule has 0 aliphatic carbocycles. The SMILES string of the molecule is CCC(Oc1cccc([N+](=O)[O-])c1)C(N)=NO. The summed E-state index contributed by atoms with van der Waals surface area (Å²) in [7, 11) is 0. The van der Waals surface area contributed by atoms with Crippen molar-refractivity contribution in [2.75, 3.05) is 0 Å². The van der Waals surface area contributed by atoms with Crippen LogP contribution in [-0.2, 0) is 0 Å². The summed E-state index contributed by atoms with van der Waals surface area (Å²) in [5.41, 5.74) is 5.34. The van der Waals surface area contributed by atoms with E-state index in [1.807, 2.05) is 0 Å². The zero-order valence-electron chi connectivity index (χ0n) is 9.24. The molecule has 17 heavy (non-hydrogen) atoms. The summed E-state index contributed by atoms with van der Waals surface area (Å²) in [6, 6.07) is 5.72. The fourth-order valence-electron chi connectivity index (χ4n) is 1.25. The number of hydrogen-bond acceptors (Lipinski definition) is 5. The van der Waals surface area contributed by atoms with Gasteiger partial charge in [-0.05, 0) is 12.5 Å². The summed E-state index contributed by atoms with van der Waals surface area (Å²) in [5.74, 6) is 0.233. The Kier molecular flexibility index (Phi) is 4.27. The minimum absolute atomic E-state index is 0.0704. The first kappa shape index (κ1) is 12.8.